The van der Waals surface area contributed by atoms with Crippen LogP contribution in [0.15, 0.2) is 54.7 Å². The topological polar surface area (TPSA) is 109 Å². The number of anilines is 2. The van der Waals surface area contributed by atoms with Crippen LogP contribution in [0.4, 0.5) is 11.5 Å². The third-order valence-electron chi connectivity index (χ3n) is 4.72. The molecule has 0 aliphatic carbocycles. The number of phenolic OH excluding ortho intramolecular Hbond substituents is 1. The van der Waals surface area contributed by atoms with Gasteiger partial charge in [0.15, 0.2) is 5.78 Å². The summed E-state index contributed by atoms with van der Waals surface area (Å²) in [7, 11) is 0. The minimum Gasteiger partial charge on any atom is -0.507 e. The maximum atomic E-state index is 11.7. The maximum Gasteiger partial charge on any atom is 0.335 e. The number of aromatic nitrogens is 1. The van der Waals surface area contributed by atoms with Crippen LogP contribution in [0.3, 0.4) is 0 Å². The number of phenols is 1. The van der Waals surface area contributed by atoms with Gasteiger partial charge in [-0.1, -0.05) is 25.5 Å². The first kappa shape index (κ1) is 21.8. The smallest absolute Gasteiger partial charge is 0.335 e. The zero-order valence-electron chi connectivity index (χ0n) is 17.4. The van der Waals surface area contributed by atoms with Gasteiger partial charge in [0, 0.05) is 17.4 Å². The van der Waals surface area contributed by atoms with E-state index in [1.54, 1.807) is 12.1 Å². The van der Waals surface area contributed by atoms with Crippen LogP contribution in [-0.4, -0.2) is 26.9 Å². The van der Waals surface area contributed by atoms with Crippen molar-refractivity contribution in [1.29, 1.82) is 0 Å². The fourth-order valence-corrected chi connectivity index (χ4v) is 3.21. The van der Waals surface area contributed by atoms with E-state index in [1.165, 1.54) is 25.3 Å². The van der Waals surface area contributed by atoms with Gasteiger partial charge in [-0.2, -0.15) is 0 Å². The monoisotopic (exact) mass is 420 g/mol. The van der Waals surface area contributed by atoms with Crippen LogP contribution in [0.2, 0.25) is 0 Å². The van der Waals surface area contributed by atoms with Crippen molar-refractivity contribution < 1.29 is 24.5 Å². The fraction of sp³-hybridized carbons (Fsp3) is 0.208. The Hall–Kier alpha value is -3.87. The number of hydrogen-bond donors (Lipinski definition) is 3. The number of carbonyl (C=O) groups is 2. The van der Waals surface area contributed by atoms with Gasteiger partial charge < -0.3 is 20.3 Å². The molecule has 7 nitrogen and oxygen atoms in total. The van der Waals surface area contributed by atoms with Crippen LogP contribution in [-0.2, 0) is 13.0 Å². The highest BCUT2D eigenvalue weighted by Crippen LogP contribution is 2.33. The Kier molecular flexibility index (Phi) is 6.87. The van der Waals surface area contributed by atoms with E-state index >= 15 is 0 Å². The summed E-state index contributed by atoms with van der Waals surface area (Å²) < 4.78 is 5.95. The number of benzene rings is 2. The van der Waals surface area contributed by atoms with Crippen molar-refractivity contribution in [3.8, 4) is 11.5 Å². The first-order valence-corrected chi connectivity index (χ1v) is 9.93. The van der Waals surface area contributed by atoms with Crippen LogP contribution >= 0.6 is 0 Å². The number of nitrogens with zero attached hydrogens (tertiary/aromatic N) is 1. The van der Waals surface area contributed by atoms with E-state index in [4.69, 9.17) is 9.84 Å². The average molecular weight is 420 g/mol. The normalized spacial score (nSPS) is 10.5. The second-order valence-corrected chi connectivity index (χ2v) is 7.09. The zero-order valence-corrected chi connectivity index (χ0v) is 17.4. The van der Waals surface area contributed by atoms with Crippen molar-refractivity contribution in [1.82, 2.24) is 4.98 Å². The van der Waals surface area contributed by atoms with Gasteiger partial charge in [-0.05, 0) is 55.3 Å². The number of carboxylic acid groups (broad SMARTS) is 1. The Morgan fingerprint density at radius 3 is 2.65 bits per heavy atom. The summed E-state index contributed by atoms with van der Waals surface area (Å²) in [6.45, 7) is 3.67. The second-order valence-electron chi connectivity index (χ2n) is 7.09. The number of ether oxygens (including phenoxy) is 1. The molecule has 0 radical (unpaired) electrons. The molecule has 3 N–H and O–H groups in total. The molecule has 0 bridgehead atoms. The van der Waals surface area contributed by atoms with Crippen molar-refractivity contribution >= 4 is 23.3 Å². The predicted molar refractivity (Wildman–Crippen MR) is 117 cm³/mol. The number of carboxylic acids is 1. The van der Waals surface area contributed by atoms with Crippen molar-refractivity contribution in [3.63, 3.8) is 0 Å². The molecule has 0 aliphatic rings. The minimum atomic E-state index is -1.02. The van der Waals surface area contributed by atoms with Crippen molar-refractivity contribution in [3.05, 3.63) is 77.0 Å². The second kappa shape index (κ2) is 9.75. The quantitative estimate of drug-likeness (QED) is 0.420. The summed E-state index contributed by atoms with van der Waals surface area (Å²) in [6, 6.07) is 13.6. The Morgan fingerprint density at radius 2 is 1.94 bits per heavy atom. The lowest BCUT2D eigenvalue weighted by molar-refractivity contribution is 0.0696. The average Bonchev–Trinajstić information content (AvgIpc) is 2.74. The Morgan fingerprint density at radius 1 is 1.13 bits per heavy atom. The van der Waals surface area contributed by atoms with E-state index in [9.17, 15) is 14.7 Å². The van der Waals surface area contributed by atoms with Gasteiger partial charge in [0.2, 0.25) is 0 Å². The van der Waals surface area contributed by atoms with Gasteiger partial charge >= 0.3 is 5.97 Å². The van der Waals surface area contributed by atoms with E-state index in [0.29, 0.717) is 23.6 Å². The lowest BCUT2D eigenvalue weighted by Gasteiger charge is -2.15. The van der Waals surface area contributed by atoms with Crippen molar-refractivity contribution in [2.45, 2.75) is 33.3 Å². The van der Waals surface area contributed by atoms with Gasteiger partial charge in [-0.15, -0.1) is 0 Å². The van der Waals surface area contributed by atoms with Crippen LogP contribution < -0.4 is 10.1 Å². The zero-order chi connectivity index (χ0) is 22.4. The number of ketones is 1. The highest BCUT2D eigenvalue weighted by Gasteiger charge is 2.16. The van der Waals surface area contributed by atoms with Crippen molar-refractivity contribution in [2.24, 2.45) is 0 Å². The van der Waals surface area contributed by atoms with E-state index in [2.05, 4.69) is 10.3 Å². The number of hydrogen-bond acceptors (Lipinski definition) is 6. The van der Waals surface area contributed by atoms with E-state index in [0.717, 1.165) is 17.7 Å². The van der Waals surface area contributed by atoms with Crippen LogP contribution in [0.25, 0.3) is 0 Å². The number of Topliss-reactive ketones (excluding diaryl/α,β-unsaturated/α-hetero) is 1. The first-order valence-electron chi connectivity index (χ1n) is 9.93. The molecule has 3 rings (SSSR count). The van der Waals surface area contributed by atoms with Gasteiger partial charge in [0.25, 0.3) is 0 Å². The van der Waals surface area contributed by atoms with Gasteiger partial charge in [-0.25, -0.2) is 9.78 Å². The molecule has 1 aromatic heterocycles. The number of nitrogens with one attached hydrogen (secondary N) is 1. The van der Waals surface area contributed by atoms with Crippen LogP contribution in [0.1, 0.15) is 52.1 Å². The highest BCUT2D eigenvalue weighted by atomic mass is 16.5. The third-order valence-corrected chi connectivity index (χ3v) is 4.72. The summed E-state index contributed by atoms with van der Waals surface area (Å²) in [4.78, 5) is 27.0. The Bertz CT molecular complexity index is 1110. The van der Waals surface area contributed by atoms with E-state index < -0.39 is 5.97 Å². The van der Waals surface area contributed by atoms with E-state index in [-0.39, 0.29) is 29.3 Å². The molecule has 31 heavy (non-hydrogen) atoms. The summed E-state index contributed by atoms with van der Waals surface area (Å²) >= 11 is 0. The molecule has 2 aromatic carbocycles. The molecule has 0 unspecified atom stereocenters. The molecule has 0 saturated heterocycles. The largest absolute Gasteiger partial charge is 0.507 e. The molecular weight excluding hydrogens is 396 g/mol. The van der Waals surface area contributed by atoms with E-state index in [1.807, 2.05) is 31.2 Å². The molecule has 3 aromatic rings. The molecule has 160 valence electrons. The molecule has 1 heterocycles. The van der Waals surface area contributed by atoms with Crippen LogP contribution in [0.5, 0.6) is 11.5 Å². The first-order chi connectivity index (χ1) is 14.9. The molecule has 0 atom stereocenters. The third kappa shape index (κ3) is 5.39. The highest BCUT2D eigenvalue weighted by molar-refractivity contribution is 5.97. The number of aromatic hydroxyl groups is 1. The number of carbonyl (C=O) groups excluding carboxylic acids is 1. The number of aromatic carboxylic acids is 1. The minimum absolute atomic E-state index is 0.0216. The molecular formula is C24H24N2O5. The van der Waals surface area contributed by atoms with Gasteiger partial charge in [-0.3, -0.25) is 4.79 Å². The summed E-state index contributed by atoms with van der Waals surface area (Å²) in [5, 5.41) is 22.7. The number of rotatable bonds is 9. The lowest BCUT2D eigenvalue weighted by Crippen LogP contribution is -2.03. The molecule has 0 fully saturated rings. The van der Waals surface area contributed by atoms with Crippen molar-refractivity contribution in [2.75, 3.05) is 5.32 Å². The lowest BCUT2D eigenvalue weighted by atomic mass is 10.0. The van der Waals surface area contributed by atoms with Gasteiger partial charge in [0.1, 0.15) is 23.9 Å². The molecule has 0 aliphatic heterocycles. The summed E-state index contributed by atoms with van der Waals surface area (Å²) in [6.07, 6.45) is 2.83. The summed E-state index contributed by atoms with van der Waals surface area (Å²) in [5.74, 6) is -0.270. The SMILES string of the molecule is CCCc1c(OCc2cccc(Nc3cc(C(=O)O)ccn3)c2)ccc(C(C)=O)c1O. The van der Waals surface area contributed by atoms with Crippen LogP contribution in [0, 0.1) is 0 Å². The summed E-state index contributed by atoms with van der Waals surface area (Å²) in [5.41, 5.74) is 2.67. The Balaban J connectivity index is 1.76. The molecule has 0 spiro atoms. The molecule has 0 amide bonds. The Labute approximate surface area is 180 Å². The standard InChI is InChI=1S/C24H24N2O5/c1-3-5-20-21(9-8-19(15(2)27)23(20)28)31-14-16-6-4-7-18(12-16)26-22-13-17(24(29)30)10-11-25-22/h4,6-13,28H,3,5,14H2,1-2H3,(H,25,26)(H,29,30). The number of pyridine rings is 1. The molecule has 0 saturated carbocycles. The van der Waals surface area contributed by atoms with Gasteiger partial charge in [0.05, 0.1) is 11.1 Å². The maximum absolute atomic E-state index is 11.7. The fourth-order valence-electron chi connectivity index (χ4n) is 3.21. The molecule has 7 heteroatoms. The predicted octanol–water partition coefficient (Wildman–Crippen LogP) is 4.96.